The Morgan fingerprint density at radius 1 is 0.306 bits per heavy atom. The minimum absolute atomic E-state index is 0.497. The molecule has 1 heterocycles. The topological polar surface area (TPSA) is 13.1 Å². The van der Waals surface area contributed by atoms with Gasteiger partial charge >= 0.3 is 0 Å². The third kappa shape index (κ3) is 4.47. The number of para-hydroxylation sites is 1. The Morgan fingerprint density at radius 2 is 0.857 bits per heavy atom. The molecular weight excluding hydrogens is 593 g/mol. The molecule has 0 amide bonds. The van der Waals surface area contributed by atoms with E-state index in [0.29, 0.717) is 0 Å². The average Bonchev–Trinajstić information content (AvgIpc) is 3.97. The molecule has 1 heteroatoms. The van der Waals surface area contributed by atoms with Crippen LogP contribution in [0.4, 0.5) is 0 Å². The minimum atomic E-state index is -1.17. The summed E-state index contributed by atoms with van der Waals surface area (Å²) in [6.07, 6.45) is 0. The molecule has 0 aliphatic rings. The smallest absolute Gasteiger partial charge is 0.135 e. The zero-order chi connectivity index (χ0) is 58.4. The molecule has 1 nitrogen and oxygen atoms in total. The van der Waals surface area contributed by atoms with Crippen molar-refractivity contribution in [1.82, 2.24) is 0 Å². The van der Waals surface area contributed by atoms with E-state index in [0.717, 1.165) is 0 Å². The van der Waals surface area contributed by atoms with Crippen LogP contribution in [-0.2, 0) is 0 Å². The van der Waals surface area contributed by atoms with E-state index in [4.69, 9.17) is 30.5 Å². The summed E-state index contributed by atoms with van der Waals surface area (Å²) in [5.41, 5.74) is -8.36. The van der Waals surface area contributed by atoms with Crippen molar-refractivity contribution < 1.29 is 45.5 Å². The molecule has 0 spiro atoms. The third-order valence-corrected chi connectivity index (χ3v) is 7.82. The second-order valence-corrected chi connectivity index (χ2v) is 10.5. The summed E-state index contributed by atoms with van der Waals surface area (Å²) < 4.78 is 278. The first-order valence-electron chi connectivity index (χ1n) is 29.4. The van der Waals surface area contributed by atoms with Gasteiger partial charge in [-0.2, -0.15) is 0 Å². The fourth-order valence-electron chi connectivity index (χ4n) is 5.74. The van der Waals surface area contributed by atoms with E-state index < -0.39 is 280 Å². The van der Waals surface area contributed by atoms with Crippen LogP contribution in [-0.4, -0.2) is 0 Å². The molecule has 0 unspecified atom stereocenters. The lowest BCUT2D eigenvalue weighted by atomic mass is 9.84. The van der Waals surface area contributed by atoms with Crippen LogP contribution in [0.3, 0.4) is 0 Å². The molecule has 0 fully saturated rings. The minimum Gasteiger partial charge on any atom is -0.456 e. The maximum absolute atomic E-state index is 10.3. The molecule has 0 saturated carbocycles. The standard InChI is InChI=1S/C48H30O/c1-2-12-31(13-3-1)33-16-10-17-35(28-33)48-41-21-7-6-20-40(41)47(36-25-27-46-43(30-36)39-19-8-9-23-45(39)49-46)42-26-24-34(29-44(42)48)38-22-11-15-32-14-4-5-18-37(32)38/h1-30H/i1D,2D,3D,4D,5D,6D,7D,8D,9D,10D,11D,12D,13D,14D,15D,16D,17D,18D,19D,20D,21D,22D,23D,24D,25D,26D,27D,28D,29D,30D. The first-order valence-corrected chi connectivity index (χ1v) is 14.4. The Balaban J connectivity index is 1.59. The average molecular weight is 653 g/mol. The number of benzene rings is 9. The summed E-state index contributed by atoms with van der Waals surface area (Å²) in [7, 11) is 0. The van der Waals surface area contributed by atoms with Crippen molar-refractivity contribution in [2.45, 2.75) is 0 Å². The normalized spacial score (nSPS) is 20.2. The SMILES string of the molecule is [2H]c1c([2H])c([2H])c(-c2c([2H])c([2H])c([2H])c(-c3c4c([2H])c([2H])c([2H])c([2H])c4c(-c4c([2H])c([2H])c5oc6c([2H])c([2H])c([2H])c([2H])c6c5c4[2H])c4c([2H])c([2H])c(-c5c([2H])c([2H])c([2H])c6c([2H])c([2H])c([2H])c([2H])c56)c([2H])c34)c2[2H])c([2H])c1[2H]. The number of fused-ring (bicyclic) bond motifs is 6. The molecule has 49 heavy (non-hydrogen) atoms. The molecule has 0 atom stereocenters. The van der Waals surface area contributed by atoms with Gasteiger partial charge in [-0.1, -0.05) is 151 Å². The molecule has 228 valence electrons. The number of rotatable bonds is 4. The van der Waals surface area contributed by atoms with E-state index in [1.807, 2.05) is 0 Å². The second-order valence-electron chi connectivity index (χ2n) is 10.5. The lowest BCUT2D eigenvalue weighted by Crippen LogP contribution is -1.92. The Kier molecular flexibility index (Phi) is 2.50. The fraction of sp³-hybridized carbons (Fsp3) is 0. The molecule has 9 aromatic carbocycles. The molecule has 0 saturated heterocycles. The van der Waals surface area contributed by atoms with E-state index in [9.17, 15) is 15.1 Å². The summed E-state index contributed by atoms with van der Waals surface area (Å²) in [6, 6.07) is -30.0. The number of furan rings is 1. The highest BCUT2D eigenvalue weighted by Crippen LogP contribution is 2.46. The van der Waals surface area contributed by atoms with Crippen molar-refractivity contribution in [3.05, 3.63) is 181 Å². The fourth-order valence-corrected chi connectivity index (χ4v) is 5.74. The van der Waals surface area contributed by atoms with Crippen molar-refractivity contribution in [2.24, 2.45) is 0 Å². The summed E-state index contributed by atoms with van der Waals surface area (Å²) in [5, 5.41) is -5.97. The van der Waals surface area contributed by atoms with E-state index in [-0.39, 0.29) is 0 Å². The van der Waals surface area contributed by atoms with Crippen molar-refractivity contribution in [3.8, 4) is 44.5 Å². The van der Waals surface area contributed by atoms with Gasteiger partial charge in [0.15, 0.2) is 0 Å². The van der Waals surface area contributed by atoms with E-state index >= 15 is 0 Å². The molecule has 0 aliphatic carbocycles. The van der Waals surface area contributed by atoms with Crippen LogP contribution >= 0.6 is 0 Å². The molecule has 0 N–H and O–H groups in total. The lowest BCUT2D eigenvalue weighted by Gasteiger charge is -2.19. The predicted octanol–water partition coefficient (Wildman–Crippen LogP) is 13.7. The second kappa shape index (κ2) is 11.1. The first kappa shape index (κ1) is 11.1. The van der Waals surface area contributed by atoms with Crippen molar-refractivity contribution in [2.75, 3.05) is 0 Å². The third-order valence-electron chi connectivity index (χ3n) is 7.82. The molecule has 0 bridgehead atoms. The van der Waals surface area contributed by atoms with Crippen molar-refractivity contribution >= 4 is 54.3 Å². The monoisotopic (exact) mass is 652 g/mol. The Bertz CT molecular complexity index is 4560. The van der Waals surface area contributed by atoms with Crippen LogP contribution in [0, 0.1) is 0 Å². The zero-order valence-corrected chi connectivity index (χ0v) is 24.4. The Hall–Kier alpha value is -6.44. The highest BCUT2D eigenvalue weighted by molar-refractivity contribution is 6.23. The van der Waals surface area contributed by atoms with E-state index in [1.165, 1.54) is 0 Å². The van der Waals surface area contributed by atoms with Gasteiger partial charge in [-0.25, -0.2) is 0 Å². The van der Waals surface area contributed by atoms with Gasteiger partial charge in [0, 0.05) is 10.8 Å². The summed E-state index contributed by atoms with van der Waals surface area (Å²) in [5.74, 6) is 0. The van der Waals surface area contributed by atoms with Gasteiger partial charge in [-0.3, -0.25) is 0 Å². The highest BCUT2D eigenvalue weighted by Gasteiger charge is 2.19. The number of hydrogen-bond acceptors (Lipinski definition) is 1. The van der Waals surface area contributed by atoms with E-state index in [1.54, 1.807) is 0 Å². The predicted molar refractivity (Wildman–Crippen MR) is 208 cm³/mol. The van der Waals surface area contributed by atoms with Gasteiger partial charge < -0.3 is 4.42 Å². The van der Waals surface area contributed by atoms with Gasteiger partial charge in [0.1, 0.15) is 11.2 Å². The van der Waals surface area contributed by atoms with Gasteiger partial charge in [-0.05, 0) is 107 Å². The Labute approximate surface area is 326 Å². The highest BCUT2D eigenvalue weighted by atomic mass is 16.3. The maximum Gasteiger partial charge on any atom is 0.135 e. The maximum atomic E-state index is 10.3. The van der Waals surface area contributed by atoms with Gasteiger partial charge in [0.2, 0.25) is 0 Å². The quantitative estimate of drug-likeness (QED) is 0.172. The summed E-state index contributed by atoms with van der Waals surface area (Å²) >= 11 is 0. The van der Waals surface area contributed by atoms with Crippen LogP contribution in [0.25, 0.3) is 98.8 Å². The first-order chi connectivity index (χ1) is 36.8. The molecule has 0 radical (unpaired) electrons. The van der Waals surface area contributed by atoms with Crippen LogP contribution in [0.15, 0.2) is 186 Å². The molecule has 1 aromatic heterocycles. The van der Waals surface area contributed by atoms with Crippen LogP contribution in [0.5, 0.6) is 0 Å². The molecule has 10 rings (SSSR count). The van der Waals surface area contributed by atoms with Crippen molar-refractivity contribution in [1.29, 1.82) is 0 Å². The number of hydrogen-bond donors (Lipinski definition) is 0. The van der Waals surface area contributed by atoms with Gasteiger partial charge in [-0.15, -0.1) is 0 Å². The molecule has 10 aromatic rings. The van der Waals surface area contributed by atoms with Gasteiger partial charge in [0.05, 0.1) is 41.1 Å². The van der Waals surface area contributed by atoms with Gasteiger partial charge in [0.25, 0.3) is 0 Å². The Morgan fingerprint density at radius 3 is 1.71 bits per heavy atom. The molecular formula is C48H30O. The van der Waals surface area contributed by atoms with E-state index in [2.05, 4.69) is 0 Å². The van der Waals surface area contributed by atoms with Crippen LogP contribution in [0.2, 0.25) is 0 Å². The van der Waals surface area contributed by atoms with Crippen LogP contribution in [0.1, 0.15) is 41.1 Å². The lowest BCUT2D eigenvalue weighted by molar-refractivity contribution is 0.669. The van der Waals surface area contributed by atoms with Crippen molar-refractivity contribution in [3.63, 3.8) is 0 Å². The summed E-state index contributed by atoms with van der Waals surface area (Å²) in [6.45, 7) is 0. The summed E-state index contributed by atoms with van der Waals surface area (Å²) in [4.78, 5) is 0. The van der Waals surface area contributed by atoms with Crippen LogP contribution < -0.4 is 0 Å². The zero-order valence-electron chi connectivity index (χ0n) is 54.4. The molecule has 0 aliphatic heterocycles. The largest absolute Gasteiger partial charge is 0.456 e.